The molecule has 0 N–H and O–H groups in total. The van der Waals surface area contributed by atoms with E-state index in [0.717, 1.165) is 16.7 Å². The molecular formula is C23H21ClF3N5O. The molecule has 10 heteroatoms. The third-order valence-electron chi connectivity index (χ3n) is 6.67. The first-order valence-electron chi connectivity index (χ1n) is 10.6. The third kappa shape index (κ3) is 3.68. The van der Waals surface area contributed by atoms with Crippen LogP contribution in [0.3, 0.4) is 0 Å². The Bertz CT molecular complexity index is 1230. The number of benzene rings is 1. The van der Waals surface area contributed by atoms with Crippen LogP contribution in [0.4, 0.5) is 19.0 Å². The monoisotopic (exact) mass is 475 g/mol. The molecule has 3 aromatic rings. The van der Waals surface area contributed by atoms with Crippen molar-refractivity contribution in [2.45, 2.75) is 30.9 Å². The van der Waals surface area contributed by atoms with Gasteiger partial charge in [-0.25, -0.2) is 4.98 Å². The number of hydrogen-bond donors (Lipinski definition) is 0. The maximum Gasteiger partial charge on any atom is 0.401 e. The number of pyridine rings is 1. The Labute approximate surface area is 193 Å². The van der Waals surface area contributed by atoms with Gasteiger partial charge in [0.1, 0.15) is 11.2 Å². The Kier molecular flexibility index (Phi) is 5.19. The number of likely N-dealkylation sites (tertiary alicyclic amines) is 1. The van der Waals surface area contributed by atoms with Gasteiger partial charge >= 0.3 is 6.18 Å². The Morgan fingerprint density at radius 3 is 2.61 bits per heavy atom. The van der Waals surface area contributed by atoms with E-state index in [2.05, 4.69) is 15.0 Å². The molecule has 4 heterocycles. The molecule has 2 aliphatic heterocycles. The van der Waals surface area contributed by atoms with Gasteiger partial charge in [0.2, 0.25) is 5.91 Å². The molecule has 2 fully saturated rings. The van der Waals surface area contributed by atoms with Gasteiger partial charge in [0.15, 0.2) is 0 Å². The van der Waals surface area contributed by atoms with Crippen molar-refractivity contribution in [1.29, 1.82) is 0 Å². The fraction of sp³-hybridized carbons (Fsp3) is 0.391. The van der Waals surface area contributed by atoms with Crippen LogP contribution in [0.2, 0.25) is 5.02 Å². The molecule has 172 valence electrons. The molecule has 1 aromatic carbocycles. The van der Waals surface area contributed by atoms with E-state index in [1.54, 1.807) is 6.07 Å². The van der Waals surface area contributed by atoms with Crippen LogP contribution in [-0.2, 0) is 10.2 Å². The number of fused-ring (bicyclic) bond motifs is 1. The molecule has 1 amide bonds. The number of anilines is 1. The van der Waals surface area contributed by atoms with Crippen LogP contribution >= 0.6 is 11.6 Å². The number of amides is 1. The Balaban J connectivity index is 1.42. The predicted molar refractivity (Wildman–Crippen MR) is 118 cm³/mol. The first kappa shape index (κ1) is 21.9. The number of halogens is 4. The Hall–Kier alpha value is -2.94. The summed E-state index contributed by atoms with van der Waals surface area (Å²) in [6.45, 7) is 1.89. The smallest absolute Gasteiger partial charge is 0.355 e. The number of hydrogen-bond acceptors (Lipinski definition) is 5. The van der Waals surface area contributed by atoms with E-state index in [1.807, 2.05) is 29.2 Å². The average molecular weight is 476 g/mol. The molecule has 2 saturated heterocycles. The molecule has 0 radical (unpaired) electrons. The van der Waals surface area contributed by atoms with Gasteiger partial charge in [0, 0.05) is 61.8 Å². The molecule has 0 bridgehead atoms. The van der Waals surface area contributed by atoms with E-state index < -0.39 is 18.1 Å². The van der Waals surface area contributed by atoms with Gasteiger partial charge in [0.05, 0.1) is 16.9 Å². The summed E-state index contributed by atoms with van der Waals surface area (Å²) in [5.74, 6) is 0.174. The molecule has 1 unspecified atom stereocenters. The van der Waals surface area contributed by atoms with Crippen molar-refractivity contribution in [3.63, 3.8) is 0 Å². The number of carbonyl (C=O) groups excluding carboxylic acids is 1. The van der Waals surface area contributed by atoms with Gasteiger partial charge in [-0.2, -0.15) is 13.2 Å². The topological polar surface area (TPSA) is 62.2 Å². The molecule has 5 rings (SSSR count). The third-order valence-corrected chi connectivity index (χ3v) is 6.90. The molecule has 33 heavy (non-hydrogen) atoms. The summed E-state index contributed by atoms with van der Waals surface area (Å²) in [5.41, 5.74) is -1.12. The minimum atomic E-state index is -4.55. The molecule has 0 saturated carbocycles. The minimum absolute atomic E-state index is 0.0483. The summed E-state index contributed by atoms with van der Waals surface area (Å²) >= 11 is 6.03. The normalized spacial score (nSPS) is 21.5. The minimum Gasteiger partial charge on any atom is -0.355 e. The van der Waals surface area contributed by atoms with Gasteiger partial charge in [-0.05, 0) is 36.8 Å². The maximum absolute atomic E-state index is 14.4. The standard InChI is InChI=1S/C23H21ClF3N5O/c1-14(33)31-9-6-22(13-31,23(25,26)27)21-20(28-7-8-29-21)16-11-32(12-16)19-5-2-15-10-17(24)3-4-18(15)30-19/h2-5,7-8,10,16H,6,9,11-13H2,1H3. The highest BCUT2D eigenvalue weighted by molar-refractivity contribution is 6.31. The van der Waals surface area contributed by atoms with Gasteiger partial charge in [-0.3, -0.25) is 14.8 Å². The highest BCUT2D eigenvalue weighted by atomic mass is 35.5. The van der Waals surface area contributed by atoms with Crippen LogP contribution in [0, 0.1) is 0 Å². The lowest BCUT2D eigenvalue weighted by Crippen LogP contribution is -2.50. The summed E-state index contributed by atoms with van der Waals surface area (Å²) in [6.07, 6.45) is -2.03. The SMILES string of the molecule is CC(=O)N1CCC(c2nccnc2C2CN(c3ccc4cc(Cl)ccc4n3)C2)(C(F)(F)F)C1. The Morgan fingerprint density at radius 2 is 1.91 bits per heavy atom. The lowest BCUT2D eigenvalue weighted by atomic mass is 9.78. The van der Waals surface area contributed by atoms with Crippen LogP contribution in [0.25, 0.3) is 10.9 Å². The zero-order chi connectivity index (χ0) is 23.4. The van der Waals surface area contributed by atoms with Gasteiger partial charge in [-0.15, -0.1) is 0 Å². The predicted octanol–water partition coefficient (Wildman–Crippen LogP) is 4.33. The quantitative estimate of drug-likeness (QED) is 0.564. The first-order chi connectivity index (χ1) is 15.7. The second-order valence-electron chi connectivity index (χ2n) is 8.67. The van der Waals surface area contributed by atoms with E-state index in [-0.39, 0.29) is 30.5 Å². The fourth-order valence-corrected chi connectivity index (χ4v) is 4.93. The van der Waals surface area contributed by atoms with Crippen molar-refractivity contribution in [2.75, 3.05) is 31.1 Å². The lowest BCUT2D eigenvalue weighted by Gasteiger charge is -2.42. The Morgan fingerprint density at radius 1 is 1.15 bits per heavy atom. The van der Waals surface area contributed by atoms with E-state index >= 15 is 0 Å². The first-order valence-corrected chi connectivity index (χ1v) is 11.0. The molecule has 0 aliphatic carbocycles. The molecule has 2 aromatic heterocycles. The molecule has 1 atom stereocenters. The lowest BCUT2D eigenvalue weighted by molar-refractivity contribution is -0.188. The molecule has 0 spiro atoms. The number of rotatable bonds is 3. The fourth-order valence-electron chi connectivity index (χ4n) is 4.75. The summed E-state index contributed by atoms with van der Waals surface area (Å²) in [4.78, 5) is 28.2. The van der Waals surface area contributed by atoms with Crippen LogP contribution in [0.5, 0.6) is 0 Å². The summed E-state index contributed by atoms with van der Waals surface area (Å²) < 4.78 is 43.2. The van der Waals surface area contributed by atoms with Crippen LogP contribution < -0.4 is 4.90 Å². The van der Waals surface area contributed by atoms with Crippen LogP contribution in [0.15, 0.2) is 42.7 Å². The largest absolute Gasteiger partial charge is 0.401 e. The van der Waals surface area contributed by atoms with Crippen molar-refractivity contribution in [3.8, 4) is 0 Å². The van der Waals surface area contributed by atoms with Crippen molar-refractivity contribution in [3.05, 3.63) is 59.1 Å². The van der Waals surface area contributed by atoms with Gasteiger partial charge in [0.25, 0.3) is 0 Å². The summed E-state index contributed by atoms with van der Waals surface area (Å²) in [5, 5.41) is 1.55. The molecule has 2 aliphatic rings. The second kappa shape index (κ2) is 7.83. The maximum atomic E-state index is 14.4. The number of carbonyl (C=O) groups is 1. The van der Waals surface area contributed by atoms with E-state index in [4.69, 9.17) is 11.6 Å². The van der Waals surface area contributed by atoms with E-state index in [1.165, 1.54) is 24.2 Å². The average Bonchev–Trinajstić information content (AvgIpc) is 3.20. The highest BCUT2D eigenvalue weighted by Gasteiger charge is 2.62. The van der Waals surface area contributed by atoms with Crippen molar-refractivity contribution < 1.29 is 18.0 Å². The summed E-state index contributed by atoms with van der Waals surface area (Å²) in [7, 11) is 0. The zero-order valence-corrected chi connectivity index (χ0v) is 18.6. The second-order valence-corrected chi connectivity index (χ2v) is 9.11. The van der Waals surface area contributed by atoms with Gasteiger partial charge < -0.3 is 9.80 Å². The van der Waals surface area contributed by atoms with E-state index in [0.29, 0.717) is 23.8 Å². The number of aromatic nitrogens is 3. The number of nitrogens with zero attached hydrogens (tertiary/aromatic N) is 5. The van der Waals surface area contributed by atoms with Crippen molar-refractivity contribution >= 4 is 34.2 Å². The number of alkyl halides is 3. The van der Waals surface area contributed by atoms with E-state index in [9.17, 15) is 18.0 Å². The zero-order valence-electron chi connectivity index (χ0n) is 17.8. The molecular weight excluding hydrogens is 455 g/mol. The summed E-state index contributed by atoms with van der Waals surface area (Å²) in [6, 6.07) is 9.26. The van der Waals surface area contributed by atoms with Gasteiger partial charge in [-0.1, -0.05) is 11.6 Å². The van der Waals surface area contributed by atoms with Crippen LogP contribution in [-0.4, -0.2) is 58.1 Å². The van der Waals surface area contributed by atoms with Crippen molar-refractivity contribution in [1.82, 2.24) is 19.9 Å². The van der Waals surface area contributed by atoms with Crippen LogP contribution in [0.1, 0.15) is 30.7 Å². The highest BCUT2D eigenvalue weighted by Crippen LogP contribution is 2.49. The molecule has 6 nitrogen and oxygen atoms in total. The van der Waals surface area contributed by atoms with Crippen molar-refractivity contribution in [2.24, 2.45) is 0 Å².